The molecule has 0 saturated heterocycles. The molecule has 0 aliphatic carbocycles. The lowest BCUT2D eigenvalue weighted by molar-refractivity contribution is -0.143. The fourth-order valence-electron chi connectivity index (χ4n) is 3.72. The number of carbonyl (C=O) groups is 2. The minimum atomic E-state index is -0.704. The normalized spacial score (nSPS) is 11.7. The zero-order chi connectivity index (χ0) is 25.4. The van der Waals surface area contributed by atoms with Crippen LogP contribution in [-0.2, 0) is 22.6 Å². The predicted molar refractivity (Wildman–Crippen MR) is 144 cm³/mol. The summed E-state index contributed by atoms with van der Waals surface area (Å²) in [5.74, 6) is 0.0261. The topological polar surface area (TPSA) is 58.6 Å². The van der Waals surface area contributed by atoms with Gasteiger partial charge in [0.05, 0.1) is 4.47 Å². The Labute approximate surface area is 220 Å². The van der Waals surface area contributed by atoms with Gasteiger partial charge in [0, 0.05) is 24.0 Å². The molecule has 0 spiro atoms. The highest BCUT2D eigenvalue weighted by atomic mass is 79.9. The summed E-state index contributed by atoms with van der Waals surface area (Å²) in [6.45, 7) is 5.89. The summed E-state index contributed by atoms with van der Waals surface area (Å²) >= 11 is 9.45. The molecule has 184 valence electrons. The smallest absolute Gasteiger partial charge is 0.261 e. The molecule has 0 radical (unpaired) electrons. The summed E-state index contributed by atoms with van der Waals surface area (Å²) in [5, 5.41) is 3.55. The van der Waals surface area contributed by atoms with Crippen LogP contribution in [0.3, 0.4) is 0 Å². The van der Waals surface area contributed by atoms with Crippen molar-refractivity contribution in [2.24, 2.45) is 0 Å². The zero-order valence-corrected chi connectivity index (χ0v) is 22.5. The molecular formula is C28H30BrClN2O3. The van der Waals surface area contributed by atoms with Gasteiger partial charge in [0.2, 0.25) is 5.91 Å². The maximum absolute atomic E-state index is 13.6. The molecule has 0 heterocycles. The van der Waals surface area contributed by atoms with Crippen LogP contribution in [0.1, 0.15) is 30.5 Å². The molecule has 0 aliphatic rings. The summed E-state index contributed by atoms with van der Waals surface area (Å²) in [4.78, 5) is 28.6. The van der Waals surface area contributed by atoms with Gasteiger partial charge >= 0.3 is 0 Å². The maximum Gasteiger partial charge on any atom is 0.261 e. The number of ether oxygens (including phenoxy) is 1. The van der Waals surface area contributed by atoms with Gasteiger partial charge in [0.15, 0.2) is 6.61 Å². The third kappa shape index (κ3) is 7.84. The van der Waals surface area contributed by atoms with Crippen LogP contribution in [0.25, 0.3) is 0 Å². The number of nitrogens with one attached hydrogen (secondary N) is 1. The molecule has 5 nitrogen and oxygen atoms in total. The van der Waals surface area contributed by atoms with E-state index in [4.69, 9.17) is 16.3 Å². The van der Waals surface area contributed by atoms with Gasteiger partial charge in [0.1, 0.15) is 11.8 Å². The van der Waals surface area contributed by atoms with Crippen molar-refractivity contribution in [1.29, 1.82) is 0 Å². The van der Waals surface area contributed by atoms with Crippen LogP contribution in [0, 0.1) is 6.92 Å². The zero-order valence-electron chi connectivity index (χ0n) is 20.1. The molecule has 1 atom stereocenters. The second-order valence-electron chi connectivity index (χ2n) is 8.68. The van der Waals surface area contributed by atoms with Gasteiger partial charge in [-0.1, -0.05) is 66.2 Å². The van der Waals surface area contributed by atoms with Gasteiger partial charge in [-0.2, -0.15) is 0 Å². The molecule has 3 rings (SSSR count). The number of amides is 2. The van der Waals surface area contributed by atoms with E-state index < -0.39 is 6.04 Å². The number of halogens is 2. The van der Waals surface area contributed by atoms with E-state index in [9.17, 15) is 9.59 Å². The summed E-state index contributed by atoms with van der Waals surface area (Å²) in [7, 11) is 0. The number of hydrogen-bond donors (Lipinski definition) is 1. The third-order valence-corrected chi connectivity index (χ3v) is 6.40. The van der Waals surface area contributed by atoms with Crippen molar-refractivity contribution >= 4 is 39.3 Å². The fraction of sp³-hybridized carbons (Fsp3) is 0.286. The van der Waals surface area contributed by atoms with E-state index in [-0.39, 0.29) is 24.5 Å². The molecule has 3 aromatic carbocycles. The second kappa shape index (κ2) is 12.8. The van der Waals surface area contributed by atoms with Crippen molar-refractivity contribution in [1.82, 2.24) is 10.2 Å². The lowest BCUT2D eigenvalue weighted by Gasteiger charge is -2.32. The van der Waals surface area contributed by atoms with Gasteiger partial charge in [-0.25, -0.2) is 0 Å². The van der Waals surface area contributed by atoms with Crippen molar-refractivity contribution in [3.63, 3.8) is 0 Å². The van der Waals surface area contributed by atoms with E-state index in [1.165, 1.54) is 0 Å². The number of aryl methyl sites for hydroxylation is 1. The van der Waals surface area contributed by atoms with Gasteiger partial charge < -0.3 is 15.0 Å². The summed E-state index contributed by atoms with van der Waals surface area (Å²) < 4.78 is 6.49. The highest BCUT2D eigenvalue weighted by Crippen LogP contribution is 2.28. The molecule has 2 amide bonds. The minimum absolute atomic E-state index is 0.0579. The highest BCUT2D eigenvalue weighted by molar-refractivity contribution is 9.10. The second-order valence-corrected chi connectivity index (χ2v) is 9.97. The predicted octanol–water partition coefficient (Wildman–Crippen LogP) is 5.95. The summed E-state index contributed by atoms with van der Waals surface area (Å²) in [6, 6.07) is 22.0. The SMILES string of the molecule is Cc1ccccc1CN(C(=O)COc1ccc(Cl)cc1Br)C(Cc1ccccc1)C(=O)NC(C)C. The molecule has 0 aliphatic heterocycles. The first-order valence-electron chi connectivity index (χ1n) is 11.5. The van der Waals surface area contributed by atoms with E-state index in [1.54, 1.807) is 23.1 Å². The molecule has 3 aromatic rings. The minimum Gasteiger partial charge on any atom is -0.483 e. The highest BCUT2D eigenvalue weighted by Gasteiger charge is 2.31. The Bertz CT molecular complexity index is 1150. The largest absolute Gasteiger partial charge is 0.483 e. The van der Waals surface area contributed by atoms with Crippen LogP contribution in [-0.4, -0.2) is 35.4 Å². The van der Waals surface area contributed by atoms with Gasteiger partial charge in [-0.05, 0) is 71.6 Å². The first kappa shape index (κ1) is 26.8. The molecule has 7 heteroatoms. The Hall–Kier alpha value is -2.83. The fourth-order valence-corrected chi connectivity index (χ4v) is 4.52. The number of carbonyl (C=O) groups excluding carboxylic acids is 2. The summed E-state index contributed by atoms with van der Waals surface area (Å²) in [6.07, 6.45) is 0.391. The first-order valence-corrected chi connectivity index (χ1v) is 12.7. The lowest BCUT2D eigenvalue weighted by atomic mass is 10.0. The van der Waals surface area contributed by atoms with Crippen LogP contribution in [0.5, 0.6) is 5.75 Å². The molecule has 35 heavy (non-hydrogen) atoms. The Kier molecular flexibility index (Phi) is 9.75. The Morgan fingerprint density at radius 2 is 1.71 bits per heavy atom. The van der Waals surface area contributed by atoms with Gasteiger partial charge in [0.25, 0.3) is 5.91 Å². The quantitative estimate of drug-likeness (QED) is 0.335. The first-order chi connectivity index (χ1) is 16.7. The standard InChI is InChI=1S/C28H30BrClN2O3/c1-19(2)31-28(34)25(15-21-10-5-4-6-11-21)32(17-22-12-8-7-9-20(22)3)27(33)18-35-26-14-13-23(30)16-24(26)29/h4-14,16,19,25H,15,17-18H2,1-3H3,(H,31,34). The van der Waals surface area contributed by atoms with Crippen molar-refractivity contribution in [3.8, 4) is 5.75 Å². The van der Waals surface area contributed by atoms with Crippen LogP contribution in [0.2, 0.25) is 5.02 Å². The maximum atomic E-state index is 13.6. The lowest BCUT2D eigenvalue weighted by Crippen LogP contribution is -2.52. The number of nitrogens with zero attached hydrogens (tertiary/aromatic N) is 1. The Morgan fingerprint density at radius 1 is 1.03 bits per heavy atom. The monoisotopic (exact) mass is 556 g/mol. The Balaban J connectivity index is 1.93. The van der Waals surface area contributed by atoms with Crippen LogP contribution < -0.4 is 10.1 Å². The molecule has 0 aromatic heterocycles. The average Bonchev–Trinajstić information content (AvgIpc) is 2.82. The van der Waals surface area contributed by atoms with E-state index in [2.05, 4.69) is 21.2 Å². The molecule has 0 saturated carbocycles. The molecule has 1 N–H and O–H groups in total. The molecule has 0 bridgehead atoms. The molecular weight excluding hydrogens is 528 g/mol. The van der Waals surface area contributed by atoms with Gasteiger partial charge in [-0.15, -0.1) is 0 Å². The van der Waals surface area contributed by atoms with Crippen LogP contribution >= 0.6 is 27.5 Å². The van der Waals surface area contributed by atoms with E-state index in [0.29, 0.717) is 28.2 Å². The Morgan fingerprint density at radius 3 is 2.37 bits per heavy atom. The molecule has 0 fully saturated rings. The van der Waals surface area contributed by atoms with E-state index in [1.807, 2.05) is 75.4 Å². The van der Waals surface area contributed by atoms with Crippen molar-refractivity contribution in [2.75, 3.05) is 6.61 Å². The number of benzene rings is 3. The van der Waals surface area contributed by atoms with Crippen LogP contribution in [0.15, 0.2) is 77.3 Å². The van der Waals surface area contributed by atoms with E-state index in [0.717, 1.165) is 16.7 Å². The van der Waals surface area contributed by atoms with Crippen molar-refractivity contribution in [3.05, 3.63) is 99.0 Å². The van der Waals surface area contributed by atoms with Crippen molar-refractivity contribution < 1.29 is 14.3 Å². The number of hydrogen-bond acceptors (Lipinski definition) is 3. The number of rotatable bonds is 10. The third-order valence-electron chi connectivity index (χ3n) is 5.55. The molecule has 1 unspecified atom stereocenters. The average molecular weight is 558 g/mol. The van der Waals surface area contributed by atoms with Crippen molar-refractivity contribution in [2.45, 2.75) is 45.8 Å². The van der Waals surface area contributed by atoms with Crippen LogP contribution in [0.4, 0.5) is 0 Å². The summed E-state index contributed by atoms with van der Waals surface area (Å²) in [5.41, 5.74) is 3.00. The van der Waals surface area contributed by atoms with E-state index >= 15 is 0 Å². The van der Waals surface area contributed by atoms with Gasteiger partial charge in [-0.3, -0.25) is 9.59 Å².